The van der Waals surface area contributed by atoms with Crippen molar-refractivity contribution in [1.29, 1.82) is 0 Å². The first-order chi connectivity index (χ1) is 8.47. The molecule has 1 heterocycles. The fourth-order valence-corrected chi connectivity index (χ4v) is 3.29. The van der Waals surface area contributed by atoms with Gasteiger partial charge >= 0.3 is 0 Å². The summed E-state index contributed by atoms with van der Waals surface area (Å²) in [6.07, 6.45) is 0. The summed E-state index contributed by atoms with van der Waals surface area (Å²) < 4.78 is 1.68. The Kier molecular flexibility index (Phi) is 4.32. The lowest BCUT2D eigenvalue weighted by Crippen LogP contribution is -2.09. The van der Waals surface area contributed by atoms with Crippen molar-refractivity contribution >= 4 is 66.4 Å². The molecule has 7 heteroatoms. The second-order valence-electron chi connectivity index (χ2n) is 3.35. The Hall–Kier alpha value is -0.560. The van der Waals surface area contributed by atoms with Gasteiger partial charge in [-0.25, -0.2) is 0 Å². The molecule has 18 heavy (non-hydrogen) atoms. The zero-order valence-corrected chi connectivity index (χ0v) is 13.5. The molecule has 0 bridgehead atoms. The van der Waals surface area contributed by atoms with Crippen LogP contribution in [0.25, 0.3) is 0 Å². The molecule has 2 N–H and O–H groups in total. The molecule has 0 unspecified atom stereocenters. The van der Waals surface area contributed by atoms with E-state index in [9.17, 15) is 9.90 Å². The van der Waals surface area contributed by atoms with Crippen molar-refractivity contribution in [1.82, 2.24) is 0 Å². The van der Waals surface area contributed by atoms with Crippen molar-refractivity contribution in [3.8, 4) is 5.75 Å². The molecule has 1 aromatic heterocycles. The fraction of sp³-hybridized carbons (Fsp3) is 0. The van der Waals surface area contributed by atoms with Crippen molar-refractivity contribution in [2.75, 3.05) is 5.32 Å². The SMILES string of the molecule is O=C(Nc1ccc(Cl)c(O)c1)c1cc(Br)c(Br)s1. The molecule has 1 aromatic carbocycles. The van der Waals surface area contributed by atoms with Crippen LogP contribution in [0.3, 0.4) is 0 Å². The van der Waals surface area contributed by atoms with Crippen LogP contribution in [0.2, 0.25) is 5.02 Å². The minimum absolute atomic E-state index is 0.0667. The number of benzene rings is 1. The molecule has 0 radical (unpaired) electrons. The Morgan fingerprint density at radius 3 is 2.61 bits per heavy atom. The molecule has 2 rings (SSSR count). The van der Waals surface area contributed by atoms with Gasteiger partial charge in [-0.2, -0.15) is 0 Å². The van der Waals surface area contributed by atoms with Crippen molar-refractivity contribution < 1.29 is 9.90 Å². The molecular formula is C11H6Br2ClNO2S. The zero-order valence-electron chi connectivity index (χ0n) is 8.71. The van der Waals surface area contributed by atoms with Gasteiger partial charge in [0.2, 0.25) is 0 Å². The lowest BCUT2D eigenvalue weighted by atomic mass is 10.3. The van der Waals surface area contributed by atoms with Gasteiger partial charge in [-0.05, 0) is 50.1 Å². The summed E-state index contributed by atoms with van der Waals surface area (Å²) in [7, 11) is 0. The van der Waals surface area contributed by atoms with Gasteiger partial charge in [-0.1, -0.05) is 11.6 Å². The Labute approximate surface area is 129 Å². The molecular weight excluding hydrogens is 405 g/mol. The number of carbonyl (C=O) groups is 1. The molecule has 0 saturated carbocycles. The third kappa shape index (κ3) is 3.06. The van der Waals surface area contributed by atoms with Crippen molar-refractivity contribution in [3.05, 3.63) is 42.4 Å². The van der Waals surface area contributed by atoms with Crippen molar-refractivity contribution in [2.45, 2.75) is 0 Å². The van der Waals surface area contributed by atoms with Gasteiger partial charge in [-0.15, -0.1) is 11.3 Å². The van der Waals surface area contributed by atoms with Crippen LogP contribution in [0.5, 0.6) is 5.75 Å². The quantitative estimate of drug-likeness (QED) is 0.740. The summed E-state index contributed by atoms with van der Waals surface area (Å²) in [6, 6.07) is 6.27. The Morgan fingerprint density at radius 2 is 2.06 bits per heavy atom. The minimum Gasteiger partial charge on any atom is -0.506 e. The topological polar surface area (TPSA) is 49.3 Å². The third-order valence-electron chi connectivity index (χ3n) is 2.07. The number of phenols is 1. The number of anilines is 1. The largest absolute Gasteiger partial charge is 0.506 e. The van der Waals surface area contributed by atoms with Crippen LogP contribution in [0.15, 0.2) is 32.5 Å². The molecule has 0 aliphatic carbocycles. The highest BCUT2D eigenvalue weighted by molar-refractivity contribution is 9.13. The second kappa shape index (κ2) is 5.61. The lowest BCUT2D eigenvalue weighted by Gasteiger charge is -2.04. The van der Waals surface area contributed by atoms with E-state index in [0.29, 0.717) is 10.6 Å². The van der Waals surface area contributed by atoms with Crippen LogP contribution in [0, 0.1) is 0 Å². The molecule has 0 aliphatic heterocycles. The van der Waals surface area contributed by atoms with E-state index >= 15 is 0 Å². The number of thiophene rings is 1. The Balaban J connectivity index is 2.18. The first kappa shape index (κ1) is 13.9. The Morgan fingerprint density at radius 1 is 1.33 bits per heavy atom. The summed E-state index contributed by atoms with van der Waals surface area (Å²) in [5, 5.41) is 12.4. The molecule has 2 aromatic rings. The molecule has 1 amide bonds. The summed E-state index contributed by atoms with van der Waals surface area (Å²) in [5.74, 6) is -0.309. The van der Waals surface area contributed by atoms with Gasteiger partial charge in [0.25, 0.3) is 5.91 Å². The number of carbonyl (C=O) groups excluding carboxylic acids is 1. The van der Waals surface area contributed by atoms with E-state index in [1.54, 1.807) is 12.1 Å². The number of amides is 1. The van der Waals surface area contributed by atoms with Crippen molar-refractivity contribution in [2.24, 2.45) is 0 Å². The van der Waals surface area contributed by atoms with E-state index in [4.69, 9.17) is 11.6 Å². The van der Waals surface area contributed by atoms with Crippen molar-refractivity contribution in [3.63, 3.8) is 0 Å². The number of rotatable bonds is 2. The highest BCUT2D eigenvalue weighted by Gasteiger charge is 2.12. The van der Waals surface area contributed by atoms with E-state index in [1.165, 1.54) is 23.5 Å². The van der Waals surface area contributed by atoms with Gasteiger partial charge in [0.1, 0.15) is 5.75 Å². The third-order valence-corrected chi connectivity index (χ3v) is 5.65. The van der Waals surface area contributed by atoms with Crippen LogP contribution >= 0.6 is 54.8 Å². The maximum atomic E-state index is 11.9. The van der Waals surface area contributed by atoms with E-state index in [0.717, 1.165) is 8.26 Å². The van der Waals surface area contributed by atoms with Crippen LogP contribution in [0.1, 0.15) is 9.67 Å². The smallest absolute Gasteiger partial charge is 0.265 e. The van der Waals surface area contributed by atoms with E-state index in [1.807, 2.05) is 0 Å². The average Bonchev–Trinajstić information content (AvgIpc) is 2.65. The predicted molar refractivity (Wildman–Crippen MR) is 80.8 cm³/mol. The molecule has 3 nitrogen and oxygen atoms in total. The number of halogens is 3. The number of hydrogen-bond acceptors (Lipinski definition) is 3. The molecule has 0 aliphatic rings. The Bertz CT molecular complexity index is 596. The van der Waals surface area contributed by atoms with Crippen LogP contribution in [-0.4, -0.2) is 11.0 Å². The van der Waals surface area contributed by atoms with E-state index < -0.39 is 0 Å². The summed E-state index contributed by atoms with van der Waals surface area (Å²) in [5.41, 5.74) is 0.488. The molecule has 0 spiro atoms. The highest BCUT2D eigenvalue weighted by atomic mass is 79.9. The normalized spacial score (nSPS) is 10.4. The standard InChI is InChI=1S/C11H6Br2ClNO2S/c12-6-4-9(18-10(6)13)11(17)15-5-1-2-7(14)8(16)3-5/h1-4,16H,(H,15,17). The molecule has 94 valence electrons. The average molecular weight is 412 g/mol. The molecule has 0 atom stereocenters. The lowest BCUT2D eigenvalue weighted by molar-refractivity contribution is 0.103. The van der Waals surface area contributed by atoms with E-state index in [2.05, 4.69) is 37.2 Å². The van der Waals surface area contributed by atoms with E-state index in [-0.39, 0.29) is 16.7 Å². The number of phenolic OH excluding ortho intramolecular Hbond substituents is 1. The summed E-state index contributed by atoms with van der Waals surface area (Å²) >= 11 is 13.6. The highest BCUT2D eigenvalue weighted by Crippen LogP contribution is 2.33. The number of hydrogen-bond donors (Lipinski definition) is 2. The monoisotopic (exact) mass is 409 g/mol. The van der Waals surface area contributed by atoms with Crippen LogP contribution in [-0.2, 0) is 0 Å². The zero-order chi connectivity index (χ0) is 13.3. The van der Waals surface area contributed by atoms with Gasteiger partial charge in [0.15, 0.2) is 0 Å². The summed E-state index contributed by atoms with van der Waals surface area (Å²) in [4.78, 5) is 12.5. The van der Waals surface area contributed by atoms with Gasteiger partial charge in [-0.3, -0.25) is 4.79 Å². The summed E-state index contributed by atoms with van der Waals surface area (Å²) in [6.45, 7) is 0. The number of nitrogens with one attached hydrogen (secondary N) is 1. The van der Waals surface area contributed by atoms with Crippen LogP contribution < -0.4 is 5.32 Å². The fourth-order valence-electron chi connectivity index (χ4n) is 1.24. The number of aromatic hydroxyl groups is 1. The van der Waals surface area contributed by atoms with Gasteiger partial charge in [0, 0.05) is 16.2 Å². The maximum Gasteiger partial charge on any atom is 0.265 e. The molecule has 0 saturated heterocycles. The first-order valence-corrected chi connectivity index (χ1v) is 7.50. The predicted octanol–water partition coefficient (Wildman–Crippen LogP) is 4.88. The maximum absolute atomic E-state index is 11.9. The van der Waals surface area contributed by atoms with Gasteiger partial charge in [0.05, 0.1) is 13.7 Å². The minimum atomic E-state index is -0.242. The van der Waals surface area contributed by atoms with Gasteiger partial charge < -0.3 is 10.4 Å². The second-order valence-corrected chi connectivity index (χ2v) is 6.98. The first-order valence-electron chi connectivity index (χ1n) is 4.72. The van der Waals surface area contributed by atoms with Crippen LogP contribution in [0.4, 0.5) is 5.69 Å². The molecule has 0 fully saturated rings.